The number of benzene rings is 2. The van der Waals surface area contributed by atoms with Gasteiger partial charge in [0, 0.05) is 26.3 Å². The molecular formula is C19H21FN4. The van der Waals surface area contributed by atoms with E-state index < -0.39 is 0 Å². The molecule has 0 atom stereocenters. The Hall–Kier alpha value is -2.69. The summed E-state index contributed by atoms with van der Waals surface area (Å²) in [6, 6.07) is 13.4. The van der Waals surface area contributed by atoms with E-state index in [1.165, 1.54) is 23.6 Å². The van der Waals surface area contributed by atoms with Gasteiger partial charge in [0.2, 0.25) is 0 Å². The zero-order valence-corrected chi connectivity index (χ0v) is 14.0. The second-order valence-corrected chi connectivity index (χ2v) is 5.95. The Morgan fingerprint density at radius 1 is 1.04 bits per heavy atom. The SMILES string of the molecule is CN(C)c1ccc(CCCNc2ncnc3cccc(F)c23)cc1. The fourth-order valence-electron chi connectivity index (χ4n) is 2.66. The molecule has 1 heterocycles. The van der Waals surface area contributed by atoms with Crippen molar-refractivity contribution in [1.29, 1.82) is 0 Å². The predicted octanol–water partition coefficient (Wildman–Crippen LogP) is 3.88. The summed E-state index contributed by atoms with van der Waals surface area (Å²) in [6.45, 7) is 0.732. The first kappa shape index (κ1) is 16.2. The molecule has 0 bridgehead atoms. The molecule has 0 unspecified atom stereocenters. The lowest BCUT2D eigenvalue weighted by Gasteiger charge is -2.13. The van der Waals surface area contributed by atoms with Crippen LogP contribution in [-0.4, -0.2) is 30.6 Å². The molecule has 3 rings (SSSR count). The number of aryl methyl sites for hydroxylation is 1. The molecule has 3 aromatic rings. The molecule has 0 radical (unpaired) electrons. The lowest BCUT2D eigenvalue weighted by Crippen LogP contribution is -2.08. The number of nitrogens with one attached hydrogen (secondary N) is 1. The largest absolute Gasteiger partial charge is 0.378 e. The molecule has 24 heavy (non-hydrogen) atoms. The van der Waals surface area contributed by atoms with Gasteiger partial charge in [0.15, 0.2) is 0 Å². The minimum absolute atomic E-state index is 0.296. The summed E-state index contributed by atoms with van der Waals surface area (Å²) in [5, 5.41) is 3.68. The molecule has 0 fully saturated rings. The van der Waals surface area contributed by atoms with E-state index in [1.807, 2.05) is 14.1 Å². The van der Waals surface area contributed by atoms with E-state index in [0.717, 1.165) is 19.4 Å². The van der Waals surface area contributed by atoms with Crippen molar-refractivity contribution in [2.24, 2.45) is 0 Å². The summed E-state index contributed by atoms with van der Waals surface area (Å²) >= 11 is 0. The molecule has 0 saturated heterocycles. The van der Waals surface area contributed by atoms with Crippen molar-refractivity contribution >= 4 is 22.4 Å². The van der Waals surface area contributed by atoms with Gasteiger partial charge in [-0.3, -0.25) is 0 Å². The molecule has 0 aliphatic rings. The number of halogens is 1. The van der Waals surface area contributed by atoms with Crippen LogP contribution in [0.1, 0.15) is 12.0 Å². The molecule has 4 nitrogen and oxygen atoms in total. The molecule has 124 valence electrons. The van der Waals surface area contributed by atoms with Crippen LogP contribution in [0.25, 0.3) is 10.9 Å². The predicted molar refractivity (Wildman–Crippen MR) is 97.1 cm³/mol. The Bertz CT molecular complexity index is 810. The van der Waals surface area contributed by atoms with E-state index in [-0.39, 0.29) is 5.82 Å². The maximum atomic E-state index is 14.0. The van der Waals surface area contributed by atoms with Crippen LogP contribution in [0.2, 0.25) is 0 Å². The minimum Gasteiger partial charge on any atom is -0.378 e. The van der Waals surface area contributed by atoms with Gasteiger partial charge >= 0.3 is 0 Å². The van der Waals surface area contributed by atoms with Gasteiger partial charge in [-0.05, 0) is 42.7 Å². The van der Waals surface area contributed by atoms with E-state index in [1.54, 1.807) is 12.1 Å². The van der Waals surface area contributed by atoms with E-state index >= 15 is 0 Å². The number of fused-ring (bicyclic) bond motifs is 1. The third-order valence-electron chi connectivity index (χ3n) is 4.00. The van der Waals surface area contributed by atoms with Crippen LogP contribution in [0, 0.1) is 5.82 Å². The van der Waals surface area contributed by atoms with Crippen molar-refractivity contribution in [1.82, 2.24) is 9.97 Å². The van der Waals surface area contributed by atoms with Gasteiger partial charge in [0.05, 0.1) is 10.9 Å². The summed E-state index contributed by atoms with van der Waals surface area (Å²) in [6.07, 6.45) is 3.37. The van der Waals surface area contributed by atoms with E-state index in [9.17, 15) is 4.39 Å². The van der Waals surface area contributed by atoms with Gasteiger partial charge in [-0.1, -0.05) is 18.2 Å². The number of anilines is 2. The zero-order valence-electron chi connectivity index (χ0n) is 14.0. The second kappa shape index (κ2) is 7.25. The van der Waals surface area contributed by atoms with Crippen LogP contribution >= 0.6 is 0 Å². The van der Waals surface area contributed by atoms with E-state index in [2.05, 4.69) is 44.5 Å². The summed E-state index contributed by atoms with van der Waals surface area (Å²) in [7, 11) is 4.06. The Labute approximate surface area is 141 Å². The van der Waals surface area contributed by atoms with Gasteiger partial charge in [0.1, 0.15) is 18.0 Å². The Morgan fingerprint density at radius 3 is 2.58 bits per heavy atom. The first-order valence-electron chi connectivity index (χ1n) is 8.04. The molecule has 0 aliphatic carbocycles. The lowest BCUT2D eigenvalue weighted by molar-refractivity contribution is 0.639. The molecule has 0 amide bonds. The Morgan fingerprint density at radius 2 is 1.83 bits per heavy atom. The zero-order chi connectivity index (χ0) is 16.9. The number of hydrogen-bond acceptors (Lipinski definition) is 4. The van der Waals surface area contributed by atoms with Crippen molar-refractivity contribution in [3.05, 3.63) is 60.2 Å². The molecule has 2 aromatic carbocycles. The number of nitrogens with zero attached hydrogens (tertiary/aromatic N) is 3. The Balaban J connectivity index is 1.59. The van der Waals surface area contributed by atoms with Crippen molar-refractivity contribution in [3.8, 4) is 0 Å². The number of aromatic nitrogens is 2. The van der Waals surface area contributed by atoms with Crippen molar-refractivity contribution in [2.45, 2.75) is 12.8 Å². The first-order valence-corrected chi connectivity index (χ1v) is 8.04. The maximum absolute atomic E-state index is 14.0. The van der Waals surface area contributed by atoms with Crippen LogP contribution in [0.4, 0.5) is 15.9 Å². The molecular weight excluding hydrogens is 303 g/mol. The van der Waals surface area contributed by atoms with Crippen LogP contribution in [0.5, 0.6) is 0 Å². The molecule has 5 heteroatoms. The fourth-order valence-corrected chi connectivity index (χ4v) is 2.66. The van der Waals surface area contributed by atoms with Crippen LogP contribution < -0.4 is 10.2 Å². The highest BCUT2D eigenvalue weighted by molar-refractivity contribution is 5.89. The van der Waals surface area contributed by atoms with Crippen LogP contribution in [0.3, 0.4) is 0 Å². The summed E-state index contributed by atoms with van der Waals surface area (Å²) < 4.78 is 14.0. The normalized spacial score (nSPS) is 10.8. The number of hydrogen-bond donors (Lipinski definition) is 1. The van der Waals surface area contributed by atoms with E-state index in [4.69, 9.17) is 0 Å². The highest BCUT2D eigenvalue weighted by atomic mass is 19.1. The topological polar surface area (TPSA) is 41.0 Å². The highest BCUT2D eigenvalue weighted by Crippen LogP contribution is 2.22. The van der Waals surface area contributed by atoms with Gasteiger partial charge in [-0.15, -0.1) is 0 Å². The lowest BCUT2D eigenvalue weighted by atomic mass is 10.1. The smallest absolute Gasteiger partial charge is 0.140 e. The average molecular weight is 324 g/mol. The summed E-state index contributed by atoms with van der Waals surface area (Å²) in [4.78, 5) is 10.4. The van der Waals surface area contributed by atoms with Crippen LogP contribution in [-0.2, 0) is 6.42 Å². The van der Waals surface area contributed by atoms with E-state index in [0.29, 0.717) is 16.7 Å². The maximum Gasteiger partial charge on any atom is 0.140 e. The Kier molecular flexibility index (Phi) is 4.89. The van der Waals surface area contributed by atoms with Crippen molar-refractivity contribution < 1.29 is 4.39 Å². The summed E-state index contributed by atoms with van der Waals surface area (Å²) in [5.41, 5.74) is 3.10. The third kappa shape index (κ3) is 3.62. The number of rotatable bonds is 6. The monoisotopic (exact) mass is 324 g/mol. The van der Waals surface area contributed by atoms with Gasteiger partial charge in [-0.25, -0.2) is 14.4 Å². The van der Waals surface area contributed by atoms with Gasteiger partial charge < -0.3 is 10.2 Å². The third-order valence-corrected chi connectivity index (χ3v) is 4.00. The standard InChI is InChI=1S/C19H21FN4/c1-24(2)15-10-8-14(9-11-15)5-4-12-21-19-18-16(20)6-3-7-17(18)22-13-23-19/h3,6-11,13H,4-5,12H2,1-2H3,(H,21,22,23). The van der Waals surface area contributed by atoms with Gasteiger partial charge in [0.25, 0.3) is 0 Å². The van der Waals surface area contributed by atoms with Crippen molar-refractivity contribution in [2.75, 3.05) is 30.9 Å². The molecule has 0 spiro atoms. The molecule has 0 aliphatic heterocycles. The molecule has 1 N–H and O–H groups in total. The average Bonchev–Trinajstić information content (AvgIpc) is 2.59. The summed E-state index contributed by atoms with van der Waals surface area (Å²) in [5.74, 6) is 0.260. The van der Waals surface area contributed by atoms with Crippen LogP contribution in [0.15, 0.2) is 48.8 Å². The first-order chi connectivity index (χ1) is 11.6. The van der Waals surface area contributed by atoms with Gasteiger partial charge in [-0.2, -0.15) is 0 Å². The minimum atomic E-state index is -0.296. The van der Waals surface area contributed by atoms with Crippen molar-refractivity contribution in [3.63, 3.8) is 0 Å². The second-order valence-electron chi connectivity index (χ2n) is 5.95. The molecule has 1 aromatic heterocycles. The molecule has 0 saturated carbocycles. The highest BCUT2D eigenvalue weighted by Gasteiger charge is 2.07. The quantitative estimate of drug-likeness (QED) is 0.699. The fraction of sp³-hybridized carbons (Fsp3) is 0.263.